The molecule has 104 valence electrons. The fourth-order valence-electron chi connectivity index (χ4n) is 1.79. The maximum atomic E-state index is 11.2. The summed E-state index contributed by atoms with van der Waals surface area (Å²) in [5.74, 6) is 0.0915. The molecule has 1 N–H and O–H groups in total. The molecule has 0 radical (unpaired) electrons. The van der Waals surface area contributed by atoms with Crippen molar-refractivity contribution in [2.24, 2.45) is 0 Å². The molecule has 5 nitrogen and oxygen atoms in total. The van der Waals surface area contributed by atoms with Gasteiger partial charge in [0.15, 0.2) is 5.69 Å². The molecule has 5 heteroatoms. The Morgan fingerprint density at radius 3 is 2.50 bits per heavy atom. The average Bonchev–Trinajstić information content (AvgIpc) is 2.49. The van der Waals surface area contributed by atoms with Crippen LogP contribution < -0.4 is 5.32 Å². The van der Waals surface area contributed by atoms with Gasteiger partial charge in [0.2, 0.25) is 0 Å². The predicted molar refractivity (Wildman–Crippen MR) is 77.1 cm³/mol. The Hall–Kier alpha value is -2.43. The zero-order valence-corrected chi connectivity index (χ0v) is 11.6. The van der Waals surface area contributed by atoms with Gasteiger partial charge >= 0.3 is 5.97 Å². The minimum absolute atomic E-state index is 0.191. The zero-order valence-electron chi connectivity index (χ0n) is 11.6. The number of anilines is 2. The summed E-state index contributed by atoms with van der Waals surface area (Å²) in [7, 11) is 1.31. The Morgan fingerprint density at radius 1 is 1.20 bits per heavy atom. The molecule has 0 bridgehead atoms. The summed E-state index contributed by atoms with van der Waals surface area (Å²) in [6.45, 7) is 2.16. The van der Waals surface area contributed by atoms with Gasteiger partial charge in [-0.15, -0.1) is 0 Å². The minimum atomic E-state index is -0.493. The largest absolute Gasteiger partial charge is 0.464 e. The summed E-state index contributed by atoms with van der Waals surface area (Å²) in [5, 5.41) is 3.13. The number of benzene rings is 1. The third-order valence-corrected chi connectivity index (χ3v) is 2.81. The van der Waals surface area contributed by atoms with Gasteiger partial charge in [-0.05, 0) is 24.1 Å². The molecule has 0 amide bonds. The van der Waals surface area contributed by atoms with E-state index in [0.717, 1.165) is 18.5 Å². The van der Waals surface area contributed by atoms with Crippen LogP contribution >= 0.6 is 0 Å². The quantitative estimate of drug-likeness (QED) is 0.847. The molecule has 0 aliphatic rings. The second-order valence-electron chi connectivity index (χ2n) is 4.35. The van der Waals surface area contributed by atoms with Gasteiger partial charge in [0.1, 0.15) is 5.82 Å². The lowest BCUT2D eigenvalue weighted by Crippen LogP contribution is -2.05. The van der Waals surface area contributed by atoms with E-state index in [-0.39, 0.29) is 5.69 Å². The van der Waals surface area contributed by atoms with E-state index in [0.29, 0.717) is 5.82 Å². The van der Waals surface area contributed by atoms with Crippen LogP contribution in [0.25, 0.3) is 0 Å². The molecule has 0 aliphatic carbocycles. The lowest BCUT2D eigenvalue weighted by atomic mass is 10.1. The van der Waals surface area contributed by atoms with Crippen molar-refractivity contribution in [2.75, 3.05) is 12.4 Å². The maximum Gasteiger partial charge on any atom is 0.358 e. The summed E-state index contributed by atoms with van der Waals surface area (Å²) in [5.41, 5.74) is 2.44. The monoisotopic (exact) mass is 271 g/mol. The summed E-state index contributed by atoms with van der Waals surface area (Å²) in [6, 6.07) is 8.17. The van der Waals surface area contributed by atoms with Crippen LogP contribution in [-0.2, 0) is 11.2 Å². The van der Waals surface area contributed by atoms with E-state index in [1.807, 2.05) is 12.1 Å². The van der Waals surface area contributed by atoms with Crippen LogP contribution in [0, 0.1) is 0 Å². The number of hydrogen-bond acceptors (Lipinski definition) is 5. The van der Waals surface area contributed by atoms with Crippen LogP contribution in [-0.4, -0.2) is 23.0 Å². The Bertz CT molecular complexity index is 565. The Kier molecular flexibility index (Phi) is 4.65. The molecule has 0 atom stereocenters. The SMILES string of the molecule is CCCc1ccc(Nc2cnc(C(=O)OC)cn2)cc1. The van der Waals surface area contributed by atoms with Gasteiger partial charge < -0.3 is 10.1 Å². The number of nitrogens with zero attached hydrogens (tertiary/aromatic N) is 2. The summed E-state index contributed by atoms with van der Waals surface area (Å²) >= 11 is 0. The van der Waals surface area contributed by atoms with Gasteiger partial charge in [-0.3, -0.25) is 0 Å². The van der Waals surface area contributed by atoms with Crippen molar-refractivity contribution in [3.63, 3.8) is 0 Å². The first-order valence-electron chi connectivity index (χ1n) is 6.49. The topological polar surface area (TPSA) is 64.1 Å². The molecule has 0 fully saturated rings. The first kappa shape index (κ1) is 14.0. The highest BCUT2D eigenvalue weighted by Gasteiger charge is 2.07. The molecule has 2 aromatic rings. The molecule has 0 spiro atoms. The lowest BCUT2D eigenvalue weighted by Gasteiger charge is -2.06. The number of hydrogen-bond donors (Lipinski definition) is 1. The Balaban J connectivity index is 2.04. The zero-order chi connectivity index (χ0) is 14.4. The summed E-state index contributed by atoms with van der Waals surface area (Å²) < 4.78 is 4.57. The molecule has 0 aliphatic heterocycles. The molecule has 20 heavy (non-hydrogen) atoms. The van der Waals surface area contributed by atoms with Crippen molar-refractivity contribution in [1.82, 2.24) is 9.97 Å². The van der Waals surface area contributed by atoms with E-state index < -0.39 is 5.97 Å². The molecule has 1 aromatic heterocycles. The van der Waals surface area contributed by atoms with Crippen LogP contribution in [0.3, 0.4) is 0 Å². The number of aromatic nitrogens is 2. The molecule has 0 saturated carbocycles. The van der Waals surface area contributed by atoms with Crippen molar-refractivity contribution >= 4 is 17.5 Å². The fraction of sp³-hybridized carbons (Fsp3) is 0.267. The van der Waals surface area contributed by atoms with Gasteiger partial charge in [0.25, 0.3) is 0 Å². The minimum Gasteiger partial charge on any atom is -0.464 e. The molecule has 1 heterocycles. The van der Waals surface area contributed by atoms with Crippen LogP contribution in [0.1, 0.15) is 29.4 Å². The van der Waals surface area contributed by atoms with Gasteiger partial charge in [-0.1, -0.05) is 25.5 Å². The normalized spacial score (nSPS) is 10.1. The van der Waals surface area contributed by atoms with Crippen LogP contribution in [0.5, 0.6) is 0 Å². The molecule has 0 unspecified atom stereocenters. The van der Waals surface area contributed by atoms with Gasteiger partial charge in [-0.25, -0.2) is 14.8 Å². The third-order valence-electron chi connectivity index (χ3n) is 2.81. The van der Waals surface area contributed by atoms with Crippen LogP contribution in [0.15, 0.2) is 36.7 Å². The van der Waals surface area contributed by atoms with E-state index in [1.54, 1.807) is 0 Å². The summed E-state index contributed by atoms with van der Waals surface area (Å²) in [6.07, 6.45) is 5.10. The number of rotatable bonds is 5. The van der Waals surface area contributed by atoms with Crippen molar-refractivity contribution in [1.29, 1.82) is 0 Å². The van der Waals surface area contributed by atoms with E-state index in [9.17, 15) is 4.79 Å². The lowest BCUT2D eigenvalue weighted by molar-refractivity contribution is 0.0593. The predicted octanol–water partition coefficient (Wildman–Crippen LogP) is 2.96. The number of carbonyl (C=O) groups excluding carboxylic acids is 1. The second-order valence-corrected chi connectivity index (χ2v) is 4.35. The molecular weight excluding hydrogens is 254 g/mol. The molecule has 1 aromatic carbocycles. The van der Waals surface area contributed by atoms with E-state index >= 15 is 0 Å². The average molecular weight is 271 g/mol. The van der Waals surface area contributed by atoms with E-state index in [1.165, 1.54) is 25.1 Å². The number of carbonyl (C=O) groups is 1. The molecule has 2 rings (SSSR count). The Labute approximate surface area is 118 Å². The smallest absolute Gasteiger partial charge is 0.358 e. The Morgan fingerprint density at radius 2 is 1.95 bits per heavy atom. The maximum absolute atomic E-state index is 11.2. The van der Waals surface area contributed by atoms with E-state index in [4.69, 9.17) is 0 Å². The van der Waals surface area contributed by atoms with Gasteiger partial charge in [-0.2, -0.15) is 0 Å². The third kappa shape index (κ3) is 3.54. The van der Waals surface area contributed by atoms with Gasteiger partial charge in [0, 0.05) is 5.69 Å². The van der Waals surface area contributed by atoms with Gasteiger partial charge in [0.05, 0.1) is 19.5 Å². The van der Waals surface area contributed by atoms with Crippen molar-refractivity contribution in [2.45, 2.75) is 19.8 Å². The number of nitrogens with one attached hydrogen (secondary N) is 1. The molecule has 0 saturated heterocycles. The first-order valence-corrected chi connectivity index (χ1v) is 6.49. The number of methoxy groups -OCH3 is 1. The number of aryl methyl sites for hydroxylation is 1. The molecular formula is C15H17N3O2. The second kappa shape index (κ2) is 6.65. The van der Waals surface area contributed by atoms with Crippen LogP contribution in [0.4, 0.5) is 11.5 Å². The number of ether oxygens (including phenoxy) is 1. The number of esters is 1. The van der Waals surface area contributed by atoms with Crippen molar-refractivity contribution in [3.05, 3.63) is 47.9 Å². The highest BCUT2D eigenvalue weighted by molar-refractivity contribution is 5.86. The van der Waals surface area contributed by atoms with Crippen molar-refractivity contribution in [3.8, 4) is 0 Å². The highest BCUT2D eigenvalue weighted by atomic mass is 16.5. The van der Waals surface area contributed by atoms with Crippen LogP contribution in [0.2, 0.25) is 0 Å². The summed E-state index contributed by atoms with van der Waals surface area (Å²) in [4.78, 5) is 19.4. The van der Waals surface area contributed by atoms with Crippen molar-refractivity contribution < 1.29 is 9.53 Å². The van der Waals surface area contributed by atoms with E-state index in [2.05, 4.69) is 39.1 Å². The standard InChI is InChI=1S/C15H17N3O2/c1-3-4-11-5-7-12(8-6-11)18-14-10-16-13(9-17-14)15(19)20-2/h5-10H,3-4H2,1-2H3,(H,17,18). The first-order chi connectivity index (χ1) is 9.72. The highest BCUT2D eigenvalue weighted by Crippen LogP contribution is 2.15. The fourth-order valence-corrected chi connectivity index (χ4v) is 1.79.